The fourth-order valence-corrected chi connectivity index (χ4v) is 1.58. The van der Waals surface area contributed by atoms with Crippen LogP contribution < -0.4 is 11.1 Å². The van der Waals surface area contributed by atoms with E-state index in [4.69, 9.17) is 15.7 Å². The summed E-state index contributed by atoms with van der Waals surface area (Å²) >= 11 is 0. The number of nitrogens with zero attached hydrogens (tertiary/aromatic N) is 1. The minimum atomic E-state index is -0.591. The highest BCUT2D eigenvalue weighted by Gasteiger charge is 2.26. The molecule has 6 heteroatoms. The zero-order valence-corrected chi connectivity index (χ0v) is 11.5. The Bertz CT molecular complexity index is 267. The van der Waals surface area contributed by atoms with Crippen molar-refractivity contribution in [1.82, 2.24) is 5.32 Å². The Labute approximate surface area is 109 Å². The summed E-state index contributed by atoms with van der Waals surface area (Å²) in [5.74, 6) is -0.871. The second-order valence-electron chi connectivity index (χ2n) is 4.50. The molecule has 0 fully saturated rings. The van der Waals surface area contributed by atoms with Crippen LogP contribution in [0.15, 0.2) is 5.16 Å². The van der Waals surface area contributed by atoms with E-state index in [2.05, 4.69) is 10.5 Å². The summed E-state index contributed by atoms with van der Waals surface area (Å²) in [5.41, 5.74) is 5.50. The van der Waals surface area contributed by atoms with Gasteiger partial charge in [-0.15, -0.1) is 0 Å². The van der Waals surface area contributed by atoms with Crippen molar-refractivity contribution in [3.8, 4) is 0 Å². The van der Waals surface area contributed by atoms with Crippen LogP contribution >= 0.6 is 0 Å². The number of nitrogens with two attached hydrogens (primary N) is 1. The lowest BCUT2D eigenvalue weighted by molar-refractivity contribution is -0.124. The molecule has 1 amide bonds. The molecule has 6 nitrogen and oxygen atoms in total. The van der Waals surface area contributed by atoms with Crippen molar-refractivity contribution in [1.29, 1.82) is 0 Å². The number of rotatable bonds is 9. The van der Waals surface area contributed by atoms with E-state index < -0.39 is 5.92 Å². The minimum absolute atomic E-state index is 0.0164. The van der Waals surface area contributed by atoms with E-state index in [0.29, 0.717) is 13.2 Å². The number of oxime groups is 1. The maximum absolute atomic E-state index is 11.9. The fraction of sp³-hybridized carbons (Fsp3) is 0.833. The van der Waals surface area contributed by atoms with Gasteiger partial charge in [0.15, 0.2) is 5.84 Å². The molecule has 4 N–H and O–H groups in total. The number of hydrogen-bond acceptors (Lipinski definition) is 4. The van der Waals surface area contributed by atoms with Crippen molar-refractivity contribution in [2.75, 3.05) is 19.8 Å². The van der Waals surface area contributed by atoms with Gasteiger partial charge in [-0.2, -0.15) is 0 Å². The largest absolute Gasteiger partial charge is 0.409 e. The van der Waals surface area contributed by atoms with Gasteiger partial charge in [0.25, 0.3) is 0 Å². The first-order chi connectivity index (χ1) is 8.54. The third-order valence-corrected chi connectivity index (χ3v) is 2.50. The molecule has 0 saturated heterocycles. The van der Waals surface area contributed by atoms with Gasteiger partial charge in [0.2, 0.25) is 5.91 Å². The van der Waals surface area contributed by atoms with Crippen molar-refractivity contribution in [2.24, 2.45) is 22.7 Å². The van der Waals surface area contributed by atoms with E-state index >= 15 is 0 Å². The van der Waals surface area contributed by atoms with E-state index in [0.717, 1.165) is 19.4 Å². The van der Waals surface area contributed by atoms with Crippen LogP contribution in [0.25, 0.3) is 0 Å². The monoisotopic (exact) mass is 259 g/mol. The standard InChI is InChI=1S/C12H25N3O3/c1-4-7-18-8-5-6-14-12(16)10(9(2)3)11(13)15-17/h9-10,17H,4-8H2,1-3H3,(H2,13,15)(H,14,16). The molecule has 0 spiro atoms. The molecule has 0 aliphatic carbocycles. The lowest BCUT2D eigenvalue weighted by Crippen LogP contribution is -2.42. The maximum atomic E-state index is 11.9. The third kappa shape index (κ3) is 6.44. The normalized spacial score (nSPS) is 13.7. The highest BCUT2D eigenvalue weighted by atomic mass is 16.5. The summed E-state index contributed by atoms with van der Waals surface area (Å²) in [6.45, 7) is 7.66. The van der Waals surface area contributed by atoms with Crippen LogP contribution in [0.2, 0.25) is 0 Å². The van der Waals surface area contributed by atoms with Crippen LogP contribution in [0.5, 0.6) is 0 Å². The molecule has 18 heavy (non-hydrogen) atoms. The first-order valence-electron chi connectivity index (χ1n) is 6.37. The average Bonchev–Trinajstić information content (AvgIpc) is 2.33. The average molecular weight is 259 g/mol. The molecule has 1 atom stereocenters. The number of carbonyl (C=O) groups excluding carboxylic acids is 1. The van der Waals surface area contributed by atoms with Crippen LogP contribution in [0.3, 0.4) is 0 Å². The lowest BCUT2D eigenvalue weighted by Gasteiger charge is -2.18. The number of ether oxygens (including phenoxy) is 1. The predicted octanol–water partition coefficient (Wildman–Crippen LogP) is 0.938. The van der Waals surface area contributed by atoms with Crippen LogP contribution in [0.1, 0.15) is 33.6 Å². The molecule has 0 aliphatic heterocycles. The number of nitrogens with one attached hydrogen (secondary N) is 1. The summed E-state index contributed by atoms with van der Waals surface area (Å²) in [5, 5.41) is 14.3. The Morgan fingerprint density at radius 2 is 2.11 bits per heavy atom. The van der Waals surface area contributed by atoms with Crippen LogP contribution in [-0.4, -0.2) is 36.7 Å². The zero-order chi connectivity index (χ0) is 14.0. The molecule has 0 aromatic rings. The summed E-state index contributed by atoms with van der Waals surface area (Å²) < 4.78 is 5.30. The van der Waals surface area contributed by atoms with E-state index in [9.17, 15) is 4.79 Å². The summed E-state index contributed by atoms with van der Waals surface area (Å²) in [6.07, 6.45) is 1.75. The van der Waals surface area contributed by atoms with Gasteiger partial charge in [-0.25, -0.2) is 0 Å². The summed E-state index contributed by atoms with van der Waals surface area (Å²) in [4.78, 5) is 11.9. The van der Waals surface area contributed by atoms with Gasteiger partial charge in [0.05, 0.1) is 0 Å². The Hall–Kier alpha value is -1.30. The highest BCUT2D eigenvalue weighted by molar-refractivity contribution is 6.02. The first-order valence-corrected chi connectivity index (χ1v) is 6.37. The van der Waals surface area contributed by atoms with Crippen molar-refractivity contribution in [3.63, 3.8) is 0 Å². The topological polar surface area (TPSA) is 96.9 Å². The highest BCUT2D eigenvalue weighted by Crippen LogP contribution is 2.11. The van der Waals surface area contributed by atoms with Crippen molar-refractivity contribution < 1.29 is 14.7 Å². The molecule has 0 heterocycles. The third-order valence-electron chi connectivity index (χ3n) is 2.50. The van der Waals surface area contributed by atoms with Gasteiger partial charge in [-0.3, -0.25) is 4.79 Å². The van der Waals surface area contributed by atoms with Gasteiger partial charge >= 0.3 is 0 Å². The molecule has 0 rings (SSSR count). The molecule has 1 unspecified atom stereocenters. The van der Waals surface area contributed by atoms with E-state index in [1.165, 1.54) is 0 Å². The van der Waals surface area contributed by atoms with Crippen molar-refractivity contribution >= 4 is 11.7 Å². The Morgan fingerprint density at radius 3 is 2.61 bits per heavy atom. The summed E-state index contributed by atoms with van der Waals surface area (Å²) in [6, 6.07) is 0. The van der Waals surface area contributed by atoms with Gasteiger partial charge in [0, 0.05) is 19.8 Å². The number of hydrogen-bond donors (Lipinski definition) is 3. The smallest absolute Gasteiger partial charge is 0.231 e. The van der Waals surface area contributed by atoms with E-state index in [1.54, 1.807) is 0 Å². The summed E-state index contributed by atoms with van der Waals surface area (Å²) in [7, 11) is 0. The predicted molar refractivity (Wildman–Crippen MR) is 70.5 cm³/mol. The van der Waals surface area contributed by atoms with Crippen LogP contribution in [0, 0.1) is 11.8 Å². The van der Waals surface area contributed by atoms with E-state index in [1.807, 2.05) is 20.8 Å². The van der Waals surface area contributed by atoms with Crippen molar-refractivity contribution in [3.05, 3.63) is 0 Å². The van der Waals surface area contributed by atoms with Crippen molar-refractivity contribution in [2.45, 2.75) is 33.6 Å². The second-order valence-corrected chi connectivity index (χ2v) is 4.50. The van der Waals surface area contributed by atoms with Gasteiger partial charge in [0.1, 0.15) is 5.92 Å². The molecule has 0 aliphatic rings. The quantitative estimate of drug-likeness (QED) is 0.189. The molecule has 0 saturated carbocycles. The number of amides is 1. The molecule has 0 radical (unpaired) electrons. The fourth-order valence-electron chi connectivity index (χ4n) is 1.58. The number of carbonyl (C=O) groups is 1. The molecule has 106 valence electrons. The molecular formula is C12H25N3O3. The second kappa shape index (κ2) is 9.70. The molecular weight excluding hydrogens is 234 g/mol. The Morgan fingerprint density at radius 1 is 1.44 bits per heavy atom. The lowest BCUT2D eigenvalue weighted by atomic mass is 9.94. The SMILES string of the molecule is CCCOCCCNC(=O)C(C(N)=NO)C(C)C. The number of amidine groups is 1. The molecule has 0 aromatic carbocycles. The van der Waals surface area contributed by atoms with Gasteiger partial charge < -0.3 is 21.0 Å². The minimum Gasteiger partial charge on any atom is -0.409 e. The Kier molecular flexibility index (Phi) is 9.00. The maximum Gasteiger partial charge on any atom is 0.231 e. The first kappa shape index (κ1) is 16.7. The van der Waals surface area contributed by atoms with Gasteiger partial charge in [-0.05, 0) is 18.8 Å². The molecule has 0 bridgehead atoms. The van der Waals surface area contributed by atoms with Crippen LogP contribution in [0.4, 0.5) is 0 Å². The van der Waals surface area contributed by atoms with E-state index in [-0.39, 0.29) is 17.7 Å². The Balaban J connectivity index is 3.98. The molecule has 0 aromatic heterocycles. The van der Waals surface area contributed by atoms with Crippen LogP contribution in [-0.2, 0) is 9.53 Å². The zero-order valence-electron chi connectivity index (χ0n) is 11.5. The van der Waals surface area contributed by atoms with Gasteiger partial charge in [-0.1, -0.05) is 25.9 Å².